The van der Waals surface area contributed by atoms with Crippen molar-refractivity contribution >= 4 is 0 Å². The molecule has 0 heterocycles. The van der Waals surface area contributed by atoms with Crippen LogP contribution in [0.25, 0.3) is 0 Å². The number of hydrogen-bond donors (Lipinski definition) is 1. The van der Waals surface area contributed by atoms with E-state index in [1.54, 1.807) is 0 Å². The van der Waals surface area contributed by atoms with Crippen LogP contribution in [0.3, 0.4) is 0 Å². The first-order valence-corrected chi connectivity index (χ1v) is 5.69. The highest BCUT2D eigenvalue weighted by molar-refractivity contribution is 5.23. The van der Waals surface area contributed by atoms with Crippen molar-refractivity contribution in [1.82, 2.24) is 5.32 Å². The Morgan fingerprint density at radius 2 is 1.69 bits per heavy atom. The van der Waals surface area contributed by atoms with Gasteiger partial charge in [0.05, 0.1) is 0 Å². The molecule has 0 spiro atoms. The zero-order valence-corrected chi connectivity index (χ0v) is 10.1. The van der Waals surface area contributed by atoms with Crippen LogP contribution < -0.4 is 5.32 Å². The molecule has 3 heteroatoms. The largest absolute Gasteiger partial charge is 0.315 e. The average molecular weight is 227 g/mol. The van der Waals surface area contributed by atoms with E-state index in [0.717, 1.165) is 13.0 Å². The Morgan fingerprint density at radius 1 is 1.12 bits per heavy atom. The molecule has 90 valence electrons. The van der Waals surface area contributed by atoms with Gasteiger partial charge < -0.3 is 5.32 Å². The third-order valence-electron chi connectivity index (χ3n) is 2.62. The summed E-state index contributed by atoms with van der Waals surface area (Å²) in [4.78, 5) is 0. The van der Waals surface area contributed by atoms with Gasteiger partial charge >= 0.3 is 0 Å². The molecule has 1 nitrogen and oxygen atoms in total. The highest BCUT2D eigenvalue weighted by atomic mass is 19.1. The topological polar surface area (TPSA) is 12.0 Å². The number of benzene rings is 1. The van der Waals surface area contributed by atoms with Crippen molar-refractivity contribution in [3.05, 3.63) is 35.4 Å². The van der Waals surface area contributed by atoms with Gasteiger partial charge in [0.25, 0.3) is 0 Å². The van der Waals surface area contributed by atoms with E-state index in [-0.39, 0.29) is 11.5 Å². The lowest BCUT2D eigenvalue weighted by Gasteiger charge is -2.15. The molecule has 1 aromatic carbocycles. The molecular weight excluding hydrogens is 208 g/mol. The third-order valence-corrected chi connectivity index (χ3v) is 2.62. The zero-order chi connectivity index (χ0) is 12.1. The first kappa shape index (κ1) is 13.1. The summed E-state index contributed by atoms with van der Waals surface area (Å²) in [6, 6.07) is 4.42. The summed E-state index contributed by atoms with van der Waals surface area (Å²) in [6.45, 7) is 6.72. The lowest BCUT2D eigenvalue weighted by Crippen LogP contribution is -2.24. The molecule has 0 saturated carbocycles. The van der Waals surface area contributed by atoms with Crippen LogP contribution in [0, 0.1) is 11.6 Å². The van der Waals surface area contributed by atoms with Crippen LogP contribution in [0.2, 0.25) is 0 Å². The Balaban J connectivity index is 2.62. The first-order chi connectivity index (χ1) is 7.52. The van der Waals surface area contributed by atoms with Crippen LogP contribution in [0.15, 0.2) is 18.2 Å². The second kappa shape index (κ2) is 5.94. The molecule has 1 N–H and O–H groups in total. The minimum absolute atomic E-state index is 0.104. The lowest BCUT2D eigenvalue weighted by atomic mass is 9.96. The highest BCUT2D eigenvalue weighted by Gasteiger charge is 2.15. The molecule has 0 amide bonds. The van der Waals surface area contributed by atoms with E-state index >= 15 is 0 Å². The SMILES string of the molecule is CC(C)NCCC(C)c1c(F)cccc1F. The number of nitrogens with one attached hydrogen (secondary N) is 1. The smallest absolute Gasteiger partial charge is 0.129 e. The molecule has 0 aromatic heterocycles. The van der Waals surface area contributed by atoms with Gasteiger partial charge in [0, 0.05) is 11.6 Å². The summed E-state index contributed by atoms with van der Waals surface area (Å²) in [5.41, 5.74) is 0.202. The van der Waals surface area contributed by atoms with Crippen molar-refractivity contribution < 1.29 is 8.78 Å². The third kappa shape index (κ3) is 3.56. The van der Waals surface area contributed by atoms with Gasteiger partial charge in [0.1, 0.15) is 11.6 Å². The normalized spacial score (nSPS) is 13.1. The molecule has 1 atom stereocenters. The van der Waals surface area contributed by atoms with Gasteiger partial charge in [0.15, 0.2) is 0 Å². The summed E-state index contributed by atoms with van der Waals surface area (Å²) in [6.07, 6.45) is 0.732. The molecule has 1 unspecified atom stereocenters. The molecule has 1 rings (SSSR count). The summed E-state index contributed by atoms with van der Waals surface area (Å²) in [5, 5.41) is 3.24. The second-order valence-corrected chi connectivity index (χ2v) is 4.43. The van der Waals surface area contributed by atoms with E-state index in [4.69, 9.17) is 0 Å². The molecule has 1 aromatic rings. The Kier molecular flexibility index (Phi) is 4.87. The van der Waals surface area contributed by atoms with Crippen molar-refractivity contribution in [2.75, 3.05) is 6.54 Å². The van der Waals surface area contributed by atoms with Crippen molar-refractivity contribution in [2.45, 2.75) is 39.2 Å². The summed E-state index contributed by atoms with van der Waals surface area (Å²) >= 11 is 0. The minimum atomic E-state index is -0.447. The predicted molar refractivity (Wildman–Crippen MR) is 62.5 cm³/mol. The molecule has 0 bridgehead atoms. The maximum Gasteiger partial charge on any atom is 0.129 e. The van der Waals surface area contributed by atoms with Crippen molar-refractivity contribution in [3.8, 4) is 0 Å². The summed E-state index contributed by atoms with van der Waals surface area (Å²) in [5.74, 6) is -0.999. The molecule has 16 heavy (non-hydrogen) atoms. The maximum absolute atomic E-state index is 13.4. The molecule has 0 fully saturated rings. The van der Waals surface area contributed by atoms with Gasteiger partial charge in [-0.3, -0.25) is 0 Å². The van der Waals surface area contributed by atoms with Gasteiger partial charge in [-0.15, -0.1) is 0 Å². The van der Waals surface area contributed by atoms with Crippen LogP contribution >= 0.6 is 0 Å². The Bertz CT molecular complexity index is 316. The fourth-order valence-electron chi connectivity index (χ4n) is 1.71. The monoisotopic (exact) mass is 227 g/mol. The van der Waals surface area contributed by atoms with E-state index in [2.05, 4.69) is 5.32 Å². The second-order valence-electron chi connectivity index (χ2n) is 4.43. The van der Waals surface area contributed by atoms with Gasteiger partial charge in [0.2, 0.25) is 0 Å². The number of hydrogen-bond acceptors (Lipinski definition) is 1. The standard InChI is InChI=1S/C13H19F2N/c1-9(2)16-8-7-10(3)13-11(14)5-4-6-12(13)15/h4-6,9-10,16H,7-8H2,1-3H3. The number of rotatable bonds is 5. The average Bonchev–Trinajstić information content (AvgIpc) is 2.16. The Labute approximate surface area is 95.9 Å². The van der Waals surface area contributed by atoms with Gasteiger partial charge in [-0.25, -0.2) is 8.78 Å². The number of halogens is 2. The van der Waals surface area contributed by atoms with Crippen molar-refractivity contribution in [1.29, 1.82) is 0 Å². The van der Waals surface area contributed by atoms with Crippen LogP contribution in [0.4, 0.5) is 8.78 Å². The van der Waals surface area contributed by atoms with Gasteiger partial charge in [-0.05, 0) is 31.0 Å². The fourth-order valence-corrected chi connectivity index (χ4v) is 1.71. The summed E-state index contributed by atoms with van der Waals surface area (Å²) < 4.78 is 26.9. The quantitative estimate of drug-likeness (QED) is 0.812. The van der Waals surface area contributed by atoms with Gasteiger partial charge in [-0.1, -0.05) is 26.8 Å². The van der Waals surface area contributed by atoms with E-state index < -0.39 is 11.6 Å². The highest BCUT2D eigenvalue weighted by Crippen LogP contribution is 2.24. The van der Waals surface area contributed by atoms with Crippen LogP contribution in [-0.4, -0.2) is 12.6 Å². The lowest BCUT2D eigenvalue weighted by molar-refractivity contribution is 0.496. The maximum atomic E-state index is 13.4. The molecular formula is C13H19F2N. The van der Waals surface area contributed by atoms with Crippen molar-refractivity contribution in [3.63, 3.8) is 0 Å². The molecule has 0 saturated heterocycles. The van der Waals surface area contributed by atoms with Gasteiger partial charge in [-0.2, -0.15) is 0 Å². The van der Waals surface area contributed by atoms with E-state index in [1.807, 2.05) is 20.8 Å². The fraction of sp³-hybridized carbons (Fsp3) is 0.538. The Hall–Kier alpha value is -0.960. The summed E-state index contributed by atoms with van der Waals surface area (Å²) in [7, 11) is 0. The molecule has 0 aliphatic heterocycles. The van der Waals surface area contributed by atoms with Crippen molar-refractivity contribution in [2.24, 2.45) is 0 Å². The molecule has 0 aliphatic rings. The van der Waals surface area contributed by atoms with E-state index in [9.17, 15) is 8.78 Å². The van der Waals surface area contributed by atoms with Crippen LogP contribution in [0.5, 0.6) is 0 Å². The Morgan fingerprint density at radius 3 is 2.19 bits per heavy atom. The predicted octanol–water partition coefficient (Wildman–Crippen LogP) is 3.46. The molecule has 0 radical (unpaired) electrons. The van der Waals surface area contributed by atoms with E-state index in [1.165, 1.54) is 18.2 Å². The zero-order valence-electron chi connectivity index (χ0n) is 10.1. The van der Waals surface area contributed by atoms with Crippen LogP contribution in [-0.2, 0) is 0 Å². The van der Waals surface area contributed by atoms with Crippen LogP contribution in [0.1, 0.15) is 38.7 Å². The minimum Gasteiger partial charge on any atom is -0.315 e. The van der Waals surface area contributed by atoms with E-state index in [0.29, 0.717) is 6.04 Å². The first-order valence-electron chi connectivity index (χ1n) is 5.69. The molecule has 0 aliphatic carbocycles.